The second-order valence-corrected chi connectivity index (χ2v) is 7.16. The van der Waals surface area contributed by atoms with Crippen molar-refractivity contribution in [1.29, 1.82) is 0 Å². The molecule has 2 unspecified atom stereocenters. The predicted molar refractivity (Wildman–Crippen MR) is 82.1 cm³/mol. The lowest BCUT2D eigenvalue weighted by Crippen LogP contribution is -2.53. The van der Waals surface area contributed by atoms with E-state index in [1.165, 1.54) is 17.8 Å². The van der Waals surface area contributed by atoms with Crippen molar-refractivity contribution in [1.82, 2.24) is 5.32 Å². The molecule has 1 aromatic heterocycles. The molecular weight excluding hydrogens is 286 g/mol. The van der Waals surface area contributed by atoms with Gasteiger partial charge in [-0.05, 0) is 43.6 Å². The summed E-state index contributed by atoms with van der Waals surface area (Å²) in [4.78, 5) is 24.0. The summed E-state index contributed by atoms with van der Waals surface area (Å²) >= 11 is 1.27. The molecule has 114 valence electrons. The Kier molecular flexibility index (Phi) is 3.99. The van der Waals surface area contributed by atoms with E-state index in [-0.39, 0.29) is 18.0 Å². The van der Waals surface area contributed by atoms with E-state index >= 15 is 0 Å². The Morgan fingerprint density at radius 1 is 1.24 bits per heavy atom. The van der Waals surface area contributed by atoms with Gasteiger partial charge >= 0.3 is 0 Å². The quantitative estimate of drug-likeness (QED) is 0.789. The molecule has 2 aliphatic carbocycles. The third kappa shape index (κ3) is 2.96. The number of hydrogen-bond acceptors (Lipinski definition) is 4. The lowest BCUT2D eigenvalue weighted by Gasteiger charge is -2.45. The lowest BCUT2D eigenvalue weighted by molar-refractivity contribution is 0.0759. The largest absolute Gasteiger partial charge is 0.366 e. The van der Waals surface area contributed by atoms with Gasteiger partial charge < -0.3 is 16.8 Å². The molecule has 0 spiro atoms. The first-order valence-electron chi connectivity index (χ1n) is 7.49. The van der Waals surface area contributed by atoms with Crippen molar-refractivity contribution >= 4 is 23.2 Å². The first-order chi connectivity index (χ1) is 10.0. The zero-order valence-corrected chi connectivity index (χ0v) is 12.7. The number of carbonyl (C=O) groups is 2. The minimum Gasteiger partial charge on any atom is -0.366 e. The number of thiophene rings is 1. The molecule has 0 aromatic carbocycles. The molecule has 2 saturated carbocycles. The van der Waals surface area contributed by atoms with E-state index in [9.17, 15) is 9.59 Å². The topological polar surface area (TPSA) is 98.2 Å². The second kappa shape index (κ2) is 5.77. The highest BCUT2D eigenvalue weighted by Crippen LogP contribution is 2.39. The van der Waals surface area contributed by atoms with Crippen LogP contribution in [0.25, 0.3) is 0 Å². The number of amides is 2. The van der Waals surface area contributed by atoms with Gasteiger partial charge in [0.15, 0.2) is 0 Å². The number of rotatable bonds is 3. The fourth-order valence-electron chi connectivity index (χ4n) is 3.83. The second-order valence-electron chi connectivity index (χ2n) is 6.25. The average molecular weight is 307 g/mol. The molecular formula is C15H21N3O2S. The maximum absolute atomic E-state index is 12.4. The zero-order chi connectivity index (χ0) is 15.0. The molecule has 5 N–H and O–H groups in total. The van der Waals surface area contributed by atoms with E-state index in [0.29, 0.717) is 22.3 Å². The number of nitrogens with one attached hydrogen (secondary N) is 1. The predicted octanol–water partition coefficient (Wildman–Crippen LogP) is 1.48. The van der Waals surface area contributed by atoms with Gasteiger partial charge in [0.1, 0.15) is 0 Å². The molecule has 3 rings (SSSR count). The van der Waals surface area contributed by atoms with E-state index in [2.05, 4.69) is 5.32 Å². The van der Waals surface area contributed by atoms with Gasteiger partial charge in [-0.3, -0.25) is 9.59 Å². The number of carbonyl (C=O) groups excluding carboxylic acids is 2. The van der Waals surface area contributed by atoms with Crippen LogP contribution in [-0.2, 0) is 0 Å². The number of primary amides is 1. The summed E-state index contributed by atoms with van der Waals surface area (Å²) in [5, 5.41) is 4.81. The molecule has 0 saturated heterocycles. The van der Waals surface area contributed by atoms with Crippen LogP contribution in [0.3, 0.4) is 0 Å². The van der Waals surface area contributed by atoms with Gasteiger partial charge in [-0.25, -0.2) is 0 Å². The number of hydrogen-bond donors (Lipinski definition) is 3. The van der Waals surface area contributed by atoms with Crippen molar-refractivity contribution in [3.63, 3.8) is 0 Å². The molecule has 1 aromatic rings. The normalized spacial score (nSPS) is 31.7. The number of fused-ring (bicyclic) bond motifs is 2. The van der Waals surface area contributed by atoms with E-state index in [4.69, 9.17) is 11.5 Å². The summed E-state index contributed by atoms with van der Waals surface area (Å²) < 4.78 is 0. The third-order valence-electron chi connectivity index (χ3n) is 4.78. The van der Waals surface area contributed by atoms with Crippen molar-refractivity contribution in [2.75, 3.05) is 0 Å². The van der Waals surface area contributed by atoms with Crippen LogP contribution in [0.5, 0.6) is 0 Å². The van der Waals surface area contributed by atoms with Crippen LogP contribution in [0, 0.1) is 11.8 Å². The van der Waals surface area contributed by atoms with E-state index in [1.807, 2.05) is 0 Å². The highest BCUT2D eigenvalue weighted by Gasteiger charge is 2.40. The Hall–Kier alpha value is -1.40. The van der Waals surface area contributed by atoms with Crippen LogP contribution < -0.4 is 16.8 Å². The van der Waals surface area contributed by atoms with Gasteiger partial charge in [-0.15, -0.1) is 11.3 Å². The van der Waals surface area contributed by atoms with Gasteiger partial charge in [0, 0.05) is 17.5 Å². The molecule has 5 nitrogen and oxygen atoms in total. The summed E-state index contributed by atoms with van der Waals surface area (Å²) in [5.41, 5.74) is 11.7. The van der Waals surface area contributed by atoms with Gasteiger partial charge in [0.05, 0.1) is 10.4 Å². The SMILES string of the molecule is NC(=O)c1csc(C(=O)NC2C3CCCC2CC(N)C3)c1. The third-order valence-corrected chi connectivity index (χ3v) is 5.71. The Bertz CT molecular complexity index is 543. The average Bonchev–Trinajstić information content (AvgIpc) is 2.89. The molecule has 6 heteroatoms. The van der Waals surface area contributed by atoms with Gasteiger partial charge in [0.25, 0.3) is 5.91 Å². The molecule has 2 aliphatic rings. The van der Waals surface area contributed by atoms with Crippen molar-refractivity contribution < 1.29 is 9.59 Å². The van der Waals surface area contributed by atoms with Crippen LogP contribution in [0.15, 0.2) is 11.4 Å². The van der Waals surface area contributed by atoms with Crippen molar-refractivity contribution in [3.05, 3.63) is 21.9 Å². The van der Waals surface area contributed by atoms with Crippen LogP contribution >= 0.6 is 11.3 Å². The Morgan fingerprint density at radius 2 is 1.90 bits per heavy atom. The maximum atomic E-state index is 12.4. The molecule has 2 amide bonds. The van der Waals surface area contributed by atoms with Crippen LogP contribution in [0.2, 0.25) is 0 Å². The maximum Gasteiger partial charge on any atom is 0.261 e. The Balaban J connectivity index is 1.70. The van der Waals surface area contributed by atoms with Gasteiger partial charge in [0.2, 0.25) is 5.91 Å². The smallest absolute Gasteiger partial charge is 0.261 e. The summed E-state index contributed by atoms with van der Waals surface area (Å²) in [7, 11) is 0. The minimum atomic E-state index is -0.495. The monoisotopic (exact) mass is 307 g/mol. The fourth-order valence-corrected chi connectivity index (χ4v) is 4.63. The zero-order valence-electron chi connectivity index (χ0n) is 11.9. The van der Waals surface area contributed by atoms with E-state index in [1.54, 1.807) is 11.4 Å². The molecule has 0 aliphatic heterocycles. The van der Waals surface area contributed by atoms with Gasteiger partial charge in [-0.2, -0.15) is 0 Å². The Labute approximate surface area is 128 Å². The van der Waals surface area contributed by atoms with Crippen LogP contribution in [0.4, 0.5) is 0 Å². The van der Waals surface area contributed by atoms with Gasteiger partial charge in [-0.1, -0.05) is 6.42 Å². The lowest BCUT2D eigenvalue weighted by atomic mass is 9.67. The van der Waals surface area contributed by atoms with Crippen molar-refractivity contribution in [2.24, 2.45) is 23.3 Å². The molecule has 1 heterocycles. The van der Waals surface area contributed by atoms with Crippen LogP contribution in [0.1, 0.15) is 52.1 Å². The highest BCUT2D eigenvalue weighted by molar-refractivity contribution is 7.12. The highest BCUT2D eigenvalue weighted by atomic mass is 32.1. The first-order valence-corrected chi connectivity index (χ1v) is 8.37. The van der Waals surface area contributed by atoms with Crippen molar-refractivity contribution in [3.8, 4) is 0 Å². The molecule has 0 radical (unpaired) electrons. The first kappa shape index (κ1) is 14.5. The molecule has 2 fully saturated rings. The standard InChI is InChI=1S/C15H21N3O2S/c16-11-4-8-2-1-3-9(5-11)13(8)18-15(20)12-6-10(7-21-12)14(17)19/h6-9,11,13H,1-5,16H2,(H2,17,19)(H,18,20). The Morgan fingerprint density at radius 3 is 2.48 bits per heavy atom. The van der Waals surface area contributed by atoms with Crippen molar-refractivity contribution in [2.45, 2.75) is 44.2 Å². The summed E-state index contributed by atoms with van der Waals surface area (Å²) in [6.07, 6.45) is 5.52. The molecule has 2 bridgehead atoms. The van der Waals surface area contributed by atoms with E-state index < -0.39 is 5.91 Å². The summed E-state index contributed by atoms with van der Waals surface area (Å²) in [6.45, 7) is 0. The molecule has 2 atom stereocenters. The summed E-state index contributed by atoms with van der Waals surface area (Å²) in [5.74, 6) is 0.398. The van der Waals surface area contributed by atoms with Crippen LogP contribution in [-0.4, -0.2) is 23.9 Å². The fraction of sp³-hybridized carbons (Fsp3) is 0.600. The minimum absolute atomic E-state index is 0.0927. The number of nitrogens with two attached hydrogens (primary N) is 2. The van der Waals surface area contributed by atoms with E-state index in [0.717, 1.165) is 25.7 Å². The molecule has 21 heavy (non-hydrogen) atoms. The summed E-state index contributed by atoms with van der Waals surface area (Å²) in [6, 6.07) is 2.08.